The van der Waals surface area contributed by atoms with Crippen molar-refractivity contribution in [2.75, 3.05) is 6.26 Å². The maximum atomic E-state index is 12.6. The maximum absolute atomic E-state index is 12.6. The van der Waals surface area contributed by atoms with Crippen LogP contribution < -0.4 is 0 Å². The maximum Gasteiger partial charge on any atom is 0.433 e. The lowest BCUT2D eigenvalue weighted by Gasteiger charge is -2.13. The van der Waals surface area contributed by atoms with E-state index in [4.69, 9.17) is 11.6 Å². The summed E-state index contributed by atoms with van der Waals surface area (Å²) in [6, 6.07) is 9.85. The molecule has 2 heterocycles. The van der Waals surface area contributed by atoms with Crippen molar-refractivity contribution in [3.8, 4) is 11.3 Å². The Morgan fingerprint density at radius 2 is 1.85 bits per heavy atom. The molecular formula is C18H15ClF3N3S2. The summed E-state index contributed by atoms with van der Waals surface area (Å²) in [4.78, 5) is 8.05. The normalized spacial score (nSPS) is 14.3. The Labute approximate surface area is 166 Å². The molecule has 2 unspecified atom stereocenters. The van der Waals surface area contributed by atoms with E-state index in [9.17, 15) is 13.2 Å². The molecule has 0 saturated heterocycles. The lowest BCUT2D eigenvalue weighted by atomic mass is 10.2. The number of aromatic nitrogens is 2. The zero-order valence-corrected chi connectivity index (χ0v) is 16.8. The quantitative estimate of drug-likeness (QED) is 0.462. The molecule has 9 heteroatoms. The highest BCUT2D eigenvalue weighted by Crippen LogP contribution is 2.31. The van der Waals surface area contributed by atoms with Crippen LogP contribution in [0, 0.1) is 0 Å². The van der Waals surface area contributed by atoms with Gasteiger partial charge in [0.25, 0.3) is 0 Å². The number of pyridine rings is 1. The highest BCUT2D eigenvalue weighted by atomic mass is 35.5. The summed E-state index contributed by atoms with van der Waals surface area (Å²) < 4.78 is 42.5. The van der Waals surface area contributed by atoms with Crippen LogP contribution in [-0.4, -0.2) is 16.2 Å². The number of halogens is 4. The van der Waals surface area contributed by atoms with Gasteiger partial charge in [0, 0.05) is 27.4 Å². The minimum atomic E-state index is -4.43. The zero-order chi connectivity index (χ0) is 19.6. The largest absolute Gasteiger partial charge is 0.433 e. The molecule has 0 N–H and O–H groups in total. The van der Waals surface area contributed by atoms with Crippen molar-refractivity contribution in [3.05, 3.63) is 64.3 Å². The topological polar surface area (TPSA) is 38.1 Å². The van der Waals surface area contributed by atoms with Gasteiger partial charge in [-0.25, -0.2) is 4.98 Å². The summed E-state index contributed by atoms with van der Waals surface area (Å²) in [5.41, 5.74) is 1.59. The van der Waals surface area contributed by atoms with Gasteiger partial charge in [-0.05, 0) is 36.9 Å². The first-order valence-electron chi connectivity index (χ1n) is 7.85. The standard InChI is InChI=1S/C18H15ClF3N3S2/c1-11(13-5-8-16(23-9-13)18(20,21)22)27(2)25-17-24-15(10-26-17)12-3-6-14(19)7-4-12/h3-11H,1-2H3. The van der Waals surface area contributed by atoms with Gasteiger partial charge in [-0.3, -0.25) is 4.98 Å². The third-order valence-electron chi connectivity index (χ3n) is 3.91. The van der Waals surface area contributed by atoms with E-state index in [-0.39, 0.29) is 5.25 Å². The van der Waals surface area contributed by atoms with E-state index in [1.165, 1.54) is 23.6 Å². The molecule has 0 bridgehead atoms. The van der Waals surface area contributed by atoms with Crippen molar-refractivity contribution in [2.24, 2.45) is 4.36 Å². The first-order chi connectivity index (χ1) is 12.7. The van der Waals surface area contributed by atoms with Gasteiger partial charge in [0.2, 0.25) is 5.13 Å². The first kappa shape index (κ1) is 20.0. The van der Waals surface area contributed by atoms with Gasteiger partial charge in [-0.2, -0.15) is 17.5 Å². The van der Waals surface area contributed by atoms with E-state index >= 15 is 0 Å². The van der Waals surface area contributed by atoms with Gasteiger partial charge in [0.15, 0.2) is 0 Å². The predicted octanol–water partition coefficient (Wildman–Crippen LogP) is 6.70. The first-order valence-corrected chi connectivity index (χ1v) is 10.8. The second kappa shape index (κ2) is 8.08. The number of thiazole rings is 1. The molecule has 0 amide bonds. The van der Waals surface area contributed by atoms with Gasteiger partial charge in [0.1, 0.15) is 5.69 Å². The molecule has 27 heavy (non-hydrogen) atoms. The number of rotatable bonds is 4. The SMILES string of the molecule is CC(c1ccc(C(F)(F)F)nc1)S(C)=Nc1nc(-c2ccc(Cl)cc2)cs1. The lowest BCUT2D eigenvalue weighted by Crippen LogP contribution is -2.09. The van der Waals surface area contributed by atoms with Gasteiger partial charge < -0.3 is 0 Å². The Bertz CT molecular complexity index is 951. The Kier molecular flexibility index (Phi) is 5.98. The molecule has 0 saturated carbocycles. The molecule has 2 atom stereocenters. The van der Waals surface area contributed by atoms with Crippen LogP contribution in [0.2, 0.25) is 5.02 Å². The number of alkyl halides is 3. The smallest absolute Gasteiger partial charge is 0.251 e. The predicted molar refractivity (Wildman–Crippen MR) is 106 cm³/mol. The van der Waals surface area contributed by atoms with Crippen LogP contribution in [0.1, 0.15) is 23.4 Å². The van der Waals surface area contributed by atoms with Crippen LogP contribution in [0.4, 0.5) is 18.3 Å². The molecular weight excluding hydrogens is 415 g/mol. The van der Waals surface area contributed by atoms with Crippen molar-refractivity contribution in [3.63, 3.8) is 0 Å². The van der Waals surface area contributed by atoms with Crippen molar-refractivity contribution in [2.45, 2.75) is 18.3 Å². The van der Waals surface area contributed by atoms with Crippen LogP contribution in [0.3, 0.4) is 0 Å². The molecule has 3 rings (SSSR count). The summed E-state index contributed by atoms with van der Waals surface area (Å²) >= 11 is 7.33. The van der Waals surface area contributed by atoms with Crippen molar-refractivity contribution in [1.29, 1.82) is 0 Å². The molecule has 0 aliphatic heterocycles. The molecule has 2 aromatic heterocycles. The van der Waals surface area contributed by atoms with Gasteiger partial charge in [0.05, 0.1) is 5.69 Å². The Hall–Kier alpha value is -1.77. The van der Waals surface area contributed by atoms with E-state index < -0.39 is 22.6 Å². The van der Waals surface area contributed by atoms with Crippen LogP contribution in [0.5, 0.6) is 0 Å². The fraction of sp³-hybridized carbons (Fsp3) is 0.222. The molecule has 0 aliphatic carbocycles. The molecule has 3 aromatic rings. The summed E-state index contributed by atoms with van der Waals surface area (Å²) in [5.74, 6) is 0. The van der Waals surface area contributed by atoms with E-state index in [0.717, 1.165) is 17.3 Å². The average molecular weight is 430 g/mol. The van der Waals surface area contributed by atoms with Crippen molar-refractivity contribution in [1.82, 2.24) is 9.97 Å². The summed E-state index contributed by atoms with van der Waals surface area (Å²) in [5, 5.41) is 3.15. The van der Waals surface area contributed by atoms with E-state index in [0.29, 0.717) is 15.7 Å². The van der Waals surface area contributed by atoms with Gasteiger partial charge >= 0.3 is 6.18 Å². The van der Waals surface area contributed by atoms with Crippen LogP contribution in [-0.2, 0) is 16.9 Å². The second-order valence-corrected chi connectivity index (χ2v) is 8.96. The monoisotopic (exact) mass is 429 g/mol. The van der Waals surface area contributed by atoms with Gasteiger partial charge in [-0.15, -0.1) is 11.3 Å². The minimum Gasteiger partial charge on any atom is -0.251 e. The summed E-state index contributed by atoms with van der Waals surface area (Å²) in [6.07, 6.45) is -1.22. The minimum absolute atomic E-state index is 0.0670. The number of nitrogens with zero attached hydrogens (tertiary/aromatic N) is 3. The molecule has 0 aliphatic rings. The van der Waals surface area contributed by atoms with Gasteiger partial charge in [-0.1, -0.05) is 40.5 Å². The second-order valence-electron chi connectivity index (χ2n) is 5.75. The van der Waals surface area contributed by atoms with Crippen molar-refractivity contribution >= 4 is 38.8 Å². The van der Waals surface area contributed by atoms with E-state index in [1.54, 1.807) is 12.1 Å². The number of benzene rings is 1. The average Bonchev–Trinajstić information content (AvgIpc) is 3.09. The molecule has 0 spiro atoms. The Morgan fingerprint density at radius 1 is 1.15 bits per heavy atom. The fourth-order valence-corrected chi connectivity index (χ4v) is 4.46. The molecule has 3 nitrogen and oxygen atoms in total. The fourth-order valence-electron chi connectivity index (χ4n) is 2.27. The third-order valence-corrected chi connectivity index (χ3v) is 6.77. The van der Waals surface area contributed by atoms with E-state index in [1.807, 2.05) is 30.7 Å². The summed E-state index contributed by atoms with van der Waals surface area (Å²) in [6.45, 7) is 1.92. The summed E-state index contributed by atoms with van der Waals surface area (Å²) in [7, 11) is -0.461. The Morgan fingerprint density at radius 3 is 2.44 bits per heavy atom. The Balaban J connectivity index is 1.78. The highest BCUT2D eigenvalue weighted by Gasteiger charge is 2.32. The number of hydrogen-bond donors (Lipinski definition) is 0. The van der Waals surface area contributed by atoms with Crippen LogP contribution >= 0.6 is 22.9 Å². The third kappa shape index (κ3) is 4.94. The molecule has 1 aromatic carbocycles. The van der Waals surface area contributed by atoms with E-state index in [2.05, 4.69) is 14.3 Å². The molecule has 0 fully saturated rings. The van der Waals surface area contributed by atoms with Crippen molar-refractivity contribution < 1.29 is 13.2 Å². The highest BCUT2D eigenvalue weighted by molar-refractivity contribution is 7.87. The zero-order valence-electron chi connectivity index (χ0n) is 14.4. The number of hydrogen-bond acceptors (Lipinski definition) is 4. The van der Waals surface area contributed by atoms with Crippen LogP contribution in [0.15, 0.2) is 52.3 Å². The molecule has 0 radical (unpaired) electrons. The lowest BCUT2D eigenvalue weighted by molar-refractivity contribution is -0.141. The van der Waals surface area contributed by atoms with Crippen LogP contribution in [0.25, 0.3) is 11.3 Å². The molecule has 142 valence electrons.